The number of hydrogen-bond donors (Lipinski definition) is 2. The van der Waals surface area contributed by atoms with Crippen LogP contribution in [0.5, 0.6) is 0 Å². The number of hydrazone groups is 1. The van der Waals surface area contributed by atoms with Crippen LogP contribution < -0.4 is 10.7 Å². The summed E-state index contributed by atoms with van der Waals surface area (Å²) in [5, 5.41) is 7.13. The van der Waals surface area contributed by atoms with Gasteiger partial charge in [0.25, 0.3) is 0 Å². The average Bonchev–Trinajstić information content (AvgIpc) is 3.03. The summed E-state index contributed by atoms with van der Waals surface area (Å²) in [6.07, 6.45) is 3.83. The molecular weight excluding hydrogens is 450 g/mol. The molecule has 7 heteroatoms. The summed E-state index contributed by atoms with van der Waals surface area (Å²) in [6, 6.07) is 7.49. The van der Waals surface area contributed by atoms with Crippen molar-refractivity contribution in [3.8, 4) is 0 Å². The zero-order chi connectivity index (χ0) is 18.2. The minimum Gasteiger partial charge on any atom is -0.326 e. The van der Waals surface area contributed by atoms with Crippen LogP contribution in [0, 0.1) is 11.3 Å². The van der Waals surface area contributed by atoms with Crippen LogP contribution in [0.4, 0.5) is 5.69 Å². The summed E-state index contributed by atoms with van der Waals surface area (Å²) in [5.74, 6) is 0.144. The molecule has 0 aliphatic heterocycles. The molecule has 2 amide bonds. The van der Waals surface area contributed by atoms with Crippen molar-refractivity contribution in [3.63, 3.8) is 0 Å². The van der Waals surface area contributed by atoms with Gasteiger partial charge in [0.2, 0.25) is 11.8 Å². The van der Waals surface area contributed by atoms with Crippen molar-refractivity contribution in [2.45, 2.75) is 42.8 Å². The van der Waals surface area contributed by atoms with Crippen LogP contribution in [0.3, 0.4) is 0 Å². The molecule has 1 atom stereocenters. The second kappa shape index (κ2) is 6.83. The van der Waals surface area contributed by atoms with Crippen molar-refractivity contribution < 1.29 is 9.59 Å². The first-order chi connectivity index (χ1) is 11.7. The molecule has 0 spiro atoms. The molecule has 25 heavy (non-hydrogen) atoms. The molecule has 134 valence electrons. The fourth-order valence-corrected chi connectivity index (χ4v) is 4.16. The van der Waals surface area contributed by atoms with E-state index in [1.54, 1.807) is 0 Å². The maximum absolute atomic E-state index is 12.2. The third kappa shape index (κ3) is 3.82. The van der Waals surface area contributed by atoms with Gasteiger partial charge in [-0.05, 0) is 50.8 Å². The van der Waals surface area contributed by atoms with Crippen LogP contribution in [0.25, 0.3) is 0 Å². The van der Waals surface area contributed by atoms with Gasteiger partial charge in [-0.15, -0.1) is 0 Å². The number of halogens is 2. The topological polar surface area (TPSA) is 70.6 Å². The fourth-order valence-electron chi connectivity index (χ4n) is 2.68. The van der Waals surface area contributed by atoms with Gasteiger partial charge in [-0.3, -0.25) is 9.59 Å². The van der Waals surface area contributed by atoms with Gasteiger partial charge in [0.15, 0.2) is 0 Å². The lowest BCUT2D eigenvalue weighted by molar-refractivity contribution is -0.125. The van der Waals surface area contributed by atoms with Crippen LogP contribution in [-0.2, 0) is 9.59 Å². The second-order valence-corrected chi connectivity index (χ2v) is 10.8. The number of alkyl halides is 2. The molecule has 2 saturated carbocycles. The molecule has 1 aromatic rings. The molecule has 3 rings (SSSR count). The Morgan fingerprint density at radius 2 is 1.80 bits per heavy atom. The zero-order valence-corrected chi connectivity index (χ0v) is 17.4. The number of carbonyl (C=O) groups excluding carboxylic acids is 2. The molecule has 1 aromatic carbocycles. The molecule has 2 N–H and O–H groups in total. The predicted octanol–water partition coefficient (Wildman–Crippen LogP) is 4.16. The Labute approximate surface area is 164 Å². The van der Waals surface area contributed by atoms with Crippen LogP contribution in [0.2, 0.25) is 0 Å². The van der Waals surface area contributed by atoms with Gasteiger partial charge >= 0.3 is 0 Å². The van der Waals surface area contributed by atoms with Crippen LogP contribution in [0.15, 0.2) is 29.4 Å². The van der Waals surface area contributed by atoms with E-state index >= 15 is 0 Å². The molecule has 2 aliphatic carbocycles. The summed E-state index contributed by atoms with van der Waals surface area (Å²) in [6.45, 7) is 3.73. The Balaban J connectivity index is 1.57. The van der Waals surface area contributed by atoms with E-state index in [0.717, 1.165) is 36.9 Å². The van der Waals surface area contributed by atoms with E-state index < -0.39 is 5.41 Å². The normalized spacial score (nSPS) is 25.0. The predicted molar refractivity (Wildman–Crippen MR) is 106 cm³/mol. The maximum atomic E-state index is 12.2. The highest BCUT2D eigenvalue weighted by Gasteiger charge is 2.66. The lowest BCUT2D eigenvalue weighted by atomic mass is 9.85. The minimum absolute atomic E-state index is 0.0994. The molecule has 0 bridgehead atoms. The van der Waals surface area contributed by atoms with Gasteiger partial charge in [0.05, 0.1) is 14.4 Å². The lowest BCUT2D eigenvalue weighted by Gasteiger charge is -2.24. The Kier molecular flexibility index (Phi) is 5.08. The first-order valence-corrected chi connectivity index (χ1v) is 9.95. The molecule has 5 nitrogen and oxygen atoms in total. The second-order valence-electron chi connectivity index (χ2n) is 7.05. The van der Waals surface area contributed by atoms with Crippen molar-refractivity contribution in [3.05, 3.63) is 29.8 Å². The van der Waals surface area contributed by atoms with Crippen molar-refractivity contribution in [2.24, 2.45) is 16.4 Å². The number of benzene rings is 1. The first-order valence-electron chi connectivity index (χ1n) is 8.37. The van der Waals surface area contributed by atoms with Crippen LogP contribution in [-0.4, -0.2) is 20.8 Å². The molecule has 2 fully saturated rings. The summed E-state index contributed by atoms with van der Waals surface area (Å²) in [4.78, 5) is 24.2. The quantitative estimate of drug-likeness (QED) is 0.385. The zero-order valence-electron chi connectivity index (χ0n) is 14.2. The highest BCUT2D eigenvalue weighted by Crippen LogP contribution is 2.66. The van der Waals surface area contributed by atoms with Gasteiger partial charge < -0.3 is 5.32 Å². The summed E-state index contributed by atoms with van der Waals surface area (Å²) in [7, 11) is 0. The van der Waals surface area contributed by atoms with Crippen molar-refractivity contribution in [2.75, 3.05) is 5.32 Å². The summed E-state index contributed by atoms with van der Waals surface area (Å²) >= 11 is 6.96. The van der Waals surface area contributed by atoms with Gasteiger partial charge in [0, 0.05) is 11.6 Å². The number of anilines is 1. The van der Waals surface area contributed by atoms with E-state index in [4.69, 9.17) is 0 Å². The van der Waals surface area contributed by atoms with Gasteiger partial charge in [0.1, 0.15) is 0 Å². The fraction of sp³-hybridized carbons (Fsp3) is 0.500. The monoisotopic (exact) mass is 469 g/mol. The van der Waals surface area contributed by atoms with Gasteiger partial charge in [-0.1, -0.05) is 50.4 Å². The molecular formula is C18H21Br2N3O2. The Morgan fingerprint density at radius 3 is 2.28 bits per heavy atom. The Hall–Kier alpha value is -1.21. The molecule has 0 radical (unpaired) electrons. The molecule has 0 aromatic heterocycles. The Morgan fingerprint density at radius 1 is 1.20 bits per heavy atom. The summed E-state index contributed by atoms with van der Waals surface area (Å²) < 4.78 is -0.333. The SMILES string of the molecule is C/C(=N/NC(=O)[C@]1(C)CC1(Br)Br)c1ccc(NC(=O)C2CCC2)cc1. The third-order valence-corrected chi connectivity index (χ3v) is 7.44. The smallest absolute Gasteiger partial charge is 0.248 e. The number of rotatable bonds is 5. The first kappa shape index (κ1) is 18.6. The van der Waals surface area contributed by atoms with Gasteiger partial charge in [-0.2, -0.15) is 5.10 Å². The summed E-state index contributed by atoms with van der Waals surface area (Å²) in [5.41, 5.74) is 4.53. The highest BCUT2D eigenvalue weighted by molar-refractivity contribution is 9.25. The average molecular weight is 471 g/mol. The van der Waals surface area contributed by atoms with Crippen molar-refractivity contribution in [1.29, 1.82) is 0 Å². The number of amides is 2. The molecule has 2 aliphatic rings. The maximum Gasteiger partial charge on any atom is 0.248 e. The third-order valence-electron chi connectivity index (χ3n) is 5.13. The van der Waals surface area contributed by atoms with Crippen molar-refractivity contribution in [1.82, 2.24) is 5.43 Å². The number of nitrogens with zero attached hydrogens (tertiary/aromatic N) is 1. The van der Waals surface area contributed by atoms with E-state index in [1.165, 1.54) is 0 Å². The number of hydrogen-bond acceptors (Lipinski definition) is 3. The van der Waals surface area contributed by atoms with Crippen molar-refractivity contribution >= 4 is 55.1 Å². The van der Waals surface area contributed by atoms with Crippen LogP contribution in [0.1, 0.15) is 45.1 Å². The Bertz CT molecular complexity index is 726. The molecule has 0 heterocycles. The largest absolute Gasteiger partial charge is 0.326 e. The highest BCUT2D eigenvalue weighted by atomic mass is 79.9. The number of nitrogens with one attached hydrogen (secondary N) is 2. The lowest BCUT2D eigenvalue weighted by Crippen LogP contribution is -2.30. The molecule has 0 unspecified atom stereocenters. The number of carbonyl (C=O) groups is 2. The van der Waals surface area contributed by atoms with E-state index in [1.807, 2.05) is 38.1 Å². The standard InChI is InChI=1S/C18H21Br2N3O2/c1-11(22-23-16(25)17(2)10-18(17,19)20)12-6-8-14(9-7-12)21-15(24)13-4-3-5-13/h6-9,13H,3-5,10H2,1-2H3,(H,21,24)(H,23,25)/b22-11-/t17-/m0/s1. The minimum atomic E-state index is -0.494. The van der Waals surface area contributed by atoms with E-state index in [-0.39, 0.29) is 21.0 Å². The van der Waals surface area contributed by atoms with E-state index in [9.17, 15) is 9.59 Å². The van der Waals surface area contributed by atoms with Gasteiger partial charge in [-0.25, -0.2) is 5.43 Å². The van der Waals surface area contributed by atoms with E-state index in [2.05, 4.69) is 47.7 Å². The van der Waals surface area contributed by atoms with Crippen LogP contribution >= 0.6 is 31.9 Å². The molecule has 0 saturated heterocycles. The van der Waals surface area contributed by atoms with E-state index in [0.29, 0.717) is 5.71 Å².